The summed E-state index contributed by atoms with van der Waals surface area (Å²) in [6, 6.07) is 6.40. The molecule has 1 aromatic carbocycles. The van der Waals surface area contributed by atoms with Gasteiger partial charge < -0.3 is 19.6 Å². The number of imidazole rings is 1. The van der Waals surface area contributed by atoms with E-state index in [0.29, 0.717) is 22.0 Å². The van der Waals surface area contributed by atoms with E-state index in [-0.39, 0.29) is 34.4 Å². The van der Waals surface area contributed by atoms with Gasteiger partial charge in [-0.05, 0) is 38.5 Å². The van der Waals surface area contributed by atoms with Crippen LogP contribution in [0.4, 0.5) is 5.69 Å². The molecule has 0 aliphatic heterocycles. The Balaban J connectivity index is 1.63. The van der Waals surface area contributed by atoms with Gasteiger partial charge >= 0.3 is 5.97 Å². The fourth-order valence-electron chi connectivity index (χ4n) is 3.42. The first-order valence-electron chi connectivity index (χ1n) is 10.1. The summed E-state index contributed by atoms with van der Waals surface area (Å²) in [6.45, 7) is 4.30. The molecule has 2 aromatic heterocycles. The molecule has 3 rings (SSSR count). The number of anilines is 1. The van der Waals surface area contributed by atoms with E-state index in [0.717, 1.165) is 0 Å². The number of Topliss-reactive ketones (excluding diaryl/α,β-unsaturated/α-hetero) is 2. The number of ketones is 2. The SMILES string of the molecule is CC(=O)c1c(C)[nH]c(C(=O)COC(=O)c2ccccc2NC(=O)CSc2nccn2C)c1C. The van der Waals surface area contributed by atoms with E-state index in [1.54, 1.807) is 49.0 Å². The molecule has 2 N–H and O–H groups in total. The van der Waals surface area contributed by atoms with Gasteiger partial charge in [0.25, 0.3) is 0 Å². The van der Waals surface area contributed by atoms with E-state index < -0.39 is 18.4 Å². The number of rotatable bonds is 9. The molecule has 0 fully saturated rings. The Morgan fingerprint density at radius 2 is 1.91 bits per heavy atom. The Kier molecular flexibility index (Phi) is 7.49. The smallest absolute Gasteiger partial charge is 0.340 e. The van der Waals surface area contributed by atoms with Crippen LogP contribution in [0.3, 0.4) is 0 Å². The van der Waals surface area contributed by atoms with E-state index in [1.807, 2.05) is 7.05 Å². The molecule has 9 nitrogen and oxygen atoms in total. The minimum Gasteiger partial charge on any atom is -0.454 e. The molecule has 1 amide bonds. The van der Waals surface area contributed by atoms with Gasteiger partial charge in [0.15, 0.2) is 17.5 Å². The van der Waals surface area contributed by atoms with Crippen LogP contribution in [0.25, 0.3) is 0 Å². The lowest BCUT2D eigenvalue weighted by molar-refractivity contribution is -0.113. The highest BCUT2D eigenvalue weighted by molar-refractivity contribution is 7.99. The summed E-state index contributed by atoms with van der Waals surface area (Å²) < 4.78 is 7.00. The van der Waals surface area contributed by atoms with Crippen LogP contribution in [-0.4, -0.2) is 50.3 Å². The number of thioether (sulfide) groups is 1. The third-order valence-corrected chi connectivity index (χ3v) is 5.99. The van der Waals surface area contributed by atoms with Gasteiger partial charge in [-0.15, -0.1) is 0 Å². The summed E-state index contributed by atoms with van der Waals surface area (Å²) >= 11 is 1.27. The first-order chi connectivity index (χ1) is 15.7. The zero-order valence-electron chi connectivity index (χ0n) is 18.7. The van der Waals surface area contributed by atoms with E-state index in [9.17, 15) is 19.2 Å². The first kappa shape index (κ1) is 24.0. The molecule has 3 aromatic rings. The number of aromatic amines is 1. The van der Waals surface area contributed by atoms with Crippen molar-refractivity contribution in [3.05, 3.63) is 64.7 Å². The molecule has 0 saturated heterocycles. The number of aromatic nitrogens is 3. The second-order valence-electron chi connectivity index (χ2n) is 7.38. The summed E-state index contributed by atoms with van der Waals surface area (Å²) in [5.41, 5.74) is 2.22. The monoisotopic (exact) mass is 468 g/mol. The minimum absolute atomic E-state index is 0.108. The molecule has 0 radical (unpaired) electrons. The summed E-state index contributed by atoms with van der Waals surface area (Å²) in [7, 11) is 1.83. The summed E-state index contributed by atoms with van der Waals surface area (Å²) in [6.07, 6.45) is 3.42. The van der Waals surface area contributed by atoms with Gasteiger partial charge in [-0.3, -0.25) is 14.4 Å². The van der Waals surface area contributed by atoms with Gasteiger partial charge in [-0.25, -0.2) is 9.78 Å². The Labute approximate surface area is 194 Å². The van der Waals surface area contributed by atoms with Gasteiger partial charge in [0, 0.05) is 30.7 Å². The largest absolute Gasteiger partial charge is 0.454 e. The number of carbonyl (C=O) groups is 4. The molecule has 0 spiro atoms. The van der Waals surface area contributed by atoms with Crippen molar-refractivity contribution in [1.82, 2.24) is 14.5 Å². The standard InChI is InChI=1S/C23H24N4O5S/c1-13-20(15(3)28)14(2)25-21(13)18(29)11-32-22(31)16-7-5-6-8-17(16)26-19(30)12-33-23-24-9-10-27(23)4/h5-10,25H,11-12H2,1-4H3,(H,26,30). The zero-order valence-corrected chi connectivity index (χ0v) is 19.5. The number of esters is 1. The van der Waals surface area contributed by atoms with Crippen molar-refractivity contribution >= 4 is 40.9 Å². The van der Waals surface area contributed by atoms with Crippen LogP contribution < -0.4 is 5.32 Å². The molecule has 0 unspecified atom stereocenters. The molecule has 10 heteroatoms. The lowest BCUT2D eigenvalue weighted by Gasteiger charge is -2.11. The van der Waals surface area contributed by atoms with Gasteiger partial charge in [-0.1, -0.05) is 23.9 Å². The maximum atomic E-state index is 12.6. The van der Waals surface area contributed by atoms with Crippen molar-refractivity contribution in [2.24, 2.45) is 7.05 Å². The number of nitrogens with zero attached hydrogens (tertiary/aromatic N) is 2. The van der Waals surface area contributed by atoms with Gasteiger partial charge in [0.2, 0.25) is 11.7 Å². The van der Waals surface area contributed by atoms with E-state index in [2.05, 4.69) is 15.3 Å². The van der Waals surface area contributed by atoms with Crippen molar-refractivity contribution in [3.63, 3.8) is 0 Å². The van der Waals surface area contributed by atoms with Gasteiger partial charge in [0.05, 0.1) is 22.7 Å². The molecule has 0 aliphatic rings. The first-order valence-corrected chi connectivity index (χ1v) is 11.1. The molecule has 0 saturated carbocycles. The summed E-state index contributed by atoms with van der Waals surface area (Å²) in [5, 5.41) is 3.39. The fraction of sp³-hybridized carbons (Fsp3) is 0.261. The maximum absolute atomic E-state index is 12.6. The Morgan fingerprint density at radius 1 is 1.18 bits per heavy atom. The number of ether oxygens (including phenoxy) is 1. The number of nitrogens with one attached hydrogen (secondary N) is 2. The third kappa shape index (κ3) is 5.58. The van der Waals surface area contributed by atoms with Crippen molar-refractivity contribution in [1.29, 1.82) is 0 Å². The van der Waals surface area contributed by atoms with Crippen LogP contribution in [0, 0.1) is 13.8 Å². The highest BCUT2D eigenvalue weighted by Gasteiger charge is 2.22. The van der Waals surface area contributed by atoms with Crippen molar-refractivity contribution < 1.29 is 23.9 Å². The molecule has 0 atom stereocenters. The zero-order chi connectivity index (χ0) is 24.1. The van der Waals surface area contributed by atoms with Crippen LogP contribution in [0.15, 0.2) is 41.8 Å². The van der Waals surface area contributed by atoms with Crippen LogP contribution in [0.1, 0.15) is 49.4 Å². The van der Waals surface area contributed by atoms with Crippen molar-refractivity contribution in [2.75, 3.05) is 17.7 Å². The van der Waals surface area contributed by atoms with Crippen LogP contribution in [0.2, 0.25) is 0 Å². The molecular formula is C23H24N4O5S. The van der Waals surface area contributed by atoms with E-state index in [1.165, 1.54) is 24.8 Å². The van der Waals surface area contributed by atoms with Crippen LogP contribution in [-0.2, 0) is 16.6 Å². The Hall–Kier alpha value is -3.66. The van der Waals surface area contributed by atoms with Gasteiger partial charge in [-0.2, -0.15) is 0 Å². The third-order valence-electron chi connectivity index (χ3n) is 4.93. The summed E-state index contributed by atoms with van der Waals surface area (Å²) in [4.78, 5) is 56.4. The molecule has 33 heavy (non-hydrogen) atoms. The normalized spacial score (nSPS) is 10.7. The van der Waals surface area contributed by atoms with Crippen LogP contribution in [0.5, 0.6) is 0 Å². The Bertz CT molecular complexity index is 1230. The lowest BCUT2D eigenvalue weighted by Crippen LogP contribution is -2.19. The average molecular weight is 469 g/mol. The Morgan fingerprint density at radius 3 is 2.55 bits per heavy atom. The molecule has 172 valence electrons. The number of H-pyrrole nitrogens is 1. The predicted octanol–water partition coefficient (Wildman–Crippen LogP) is 3.34. The van der Waals surface area contributed by atoms with Crippen molar-refractivity contribution in [3.8, 4) is 0 Å². The number of amides is 1. The van der Waals surface area contributed by atoms with Crippen molar-refractivity contribution in [2.45, 2.75) is 25.9 Å². The number of benzene rings is 1. The number of carbonyl (C=O) groups excluding carboxylic acids is 4. The average Bonchev–Trinajstić information content (AvgIpc) is 3.32. The number of para-hydroxylation sites is 1. The number of aryl methyl sites for hydroxylation is 2. The van der Waals surface area contributed by atoms with Gasteiger partial charge in [0.1, 0.15) is 0 Å². The number of hydrogen-bond donors (Lipinski definition) is 2. The minimum atomic E-state index is -0.747. The van der Waals surface area contributed by atoms with Crippen LogP contribution >= 0.6 is 11.8 Å². The lowest BCUT2D eigenvalue weighted by atomic mass is 10.1. The maximum Gasteiger partial charge on any atom is 0.340 e. The highest BCUT2D eigenvalue weighted by atomic mass is 32.2. The molecular weight excluding hydrogens is 444 g/mol. The highest BCUT2D eigenvalue weighted by Crippen LogP contribution is 2.21. The second kappa shape index (κ2) is 10.3. The molecule has 2 heterocycles. The van der Waals surface area contributed by atoms with E-state index in [4.69, 9.17) is 4.74 Å². The molecule has 0 bridgehead atoms. The topological polar surface area (TPSA) is 123 Å². The predicted molar refractivity (Wildman–Crippen MR) is 124 cm³/mol. The summed E-state index contributed by atoms with van der Waals surface area (Å²) in [5.74, 6) is -1.55. The van der Waals surface area contributed by atoms with E-state index >= 15 is 0 Å². The number of hydrogen-bond acceptors (Lipinski definition) is 7. The second-order valence-corrected chi connectivity index (χ2v) is 8.33. The molecule has 0 aliphatic carbocycles. The quantitative estimate of drug-likeness (QED) is 0.280. The fourth-order valence-corrected chi connectivity index (χ4v) is 4.15.